The maximum absolute atomic E-state index is 5.51. The van der Waals surface area contributed by atoms with E-state index in [1.54, 1.807) is 6.07 Å². The van der Waals surface area contributed by atoms with Crippen molar-refractivity contribution in [1.29, 1.82) is 0 Å². The molecule has 0 bridgehead atoms. The van der Waals surface area contributed by atoms with Crippen molar-refractivity contribution in [3.63, 3.8) is 0 Å². The van der Waals surface area contributed by atoms with Gasteiger partial charge in [0.1, 0.15) is 4.60 Å². The van der Waals surface area contributed by atoms with Crippen LogP contribution in [-0.4, -0.2) is 15.4 Å². The molecule has 0 saturated heterocycles. The lowest BCUT2D eigenvalue weighted by atomic mass is 10.1. The Kier molecular flexibility index (Phi) is 1.97. The number of H-pyrrole nitrogens is 1. The highest BCUT2D eigenvalue weighted by Crippen LogP contribution is 2.28. The van der Waals surface area contributed by atoms with Crippen LogP contribution in [0.3, 0.4) is 0 Å². The Morgan fingerprint density at radius 2 is 2.19 bits per heavy atom. The predicted octanol–water partition coefficient (Wildman–Crippen LogP) is 2.56. The molecular formula is C10H7BrN4O. The summed E-state index contributed by atoms with van der Waals surface area (Å²) >= 11 is 3.39. The van der Waals surface area contributed by atoms with Gasteiger partial charge >= 0.3 is 0 Å². The van der Waals surface area contributed by atoms with E-state index >= 15 is 0 Å². The van der Waals surface area contributed by atoms with E-state index in [2.05, 4.69) is 31.3 Å². The Morgan fingerprint density at radius 1 is 1.31 bits per heavy atom. The standard InChI is InChI=1S/C10H7BrN4O/c11-10-6-3-5(1-2-7(6)13-14-10)8-4-9(12)15-16-8/h1-4H,(H2,12,15)(H,13,14). The second kappa shape index (κ2) is 3.34. The SMILES string of the molecule is Nc1cc(-c2ccc3n[nH]c(Br)c3c2)on1. The maximum Gasteiger partial charge on any atom is 0.169 e. The Balaban J connectivity index is 2.21. The van der Waals surface area contributed by atoms with Gasteiger partial charge < -0.3 is 10.3 Å². The van der Waals surface area contributed by atoms with E-state index in [1.807, 2.05) is 18.2 Å². The Morgan fingerprint density at radius 3 is 2.94 bits per heavy atom. The van der Waals surface area contributed by atoms with Gasteiger partial charge in [-0.05, 0) is 34.1 Å². The number of hydrogen-bond donors (Lipinski definition) is 2. The maximum atomic E-state index is 5.51. The molecule has 0 spiro atoms. The first-order valence-corrected chi connectivity index (χ1v) is 5.39. The number of fused-ring (bicyclic) bond motifs is 1. The van der Waals surface area contributed by atoms with Crippen molar-refractivity contribution >= 4 is 32.7 Å². The third-order valence-corrected chi connectivity index (χ3v) is 2.92. The van der Waals surface area contributed by atoms with Crippen LogP contribution in [0.4, 0.5) is 5.82 Å². The van der Waals surface area contributed by atoms with E-state index in [-0.39, 0.29) is 0 Å². The summed E-state index contributed by atoms with van der Waals surface area (Å²) in [5.41, 5.74) is 7.31. The van der Waals surface area contributed by atoms with Crippen molar-refractivity contribution in [1.82, 2.24) is 15.4 Å². The normalized spacial score (nSPS) is 11.1. The molecule has 0 saturated carbocycles. The topological polar surface area (TPSA) is 80.7 Å². The number of nitrogens with two attached hydrogens (primary N) is 1. The second-order valence-electron chi connectivity index (χ2n) is 3.39. The monoisotopic (exact) mass is 278 g/mol. The summed E-state index contributed by atoms with van der Waals surface area (Å²) in [5, 5.41) is 11.6. The Hall–Kier alpha value is -1.82. The summed E-state index contributed by atoms with van der Waals surface area (Å²) in [4.78, 5) is 0. The van der Waals surface area contributed by atoms with Crippen LogP contribution < -0.4 is 5.73 Å². The van der Waals surface area contributed by atoms with Gasteiger partial charge in [-0.2, -0.15) is 5.10 Å². The zero-order valence-electron chi connectivity index (χ0n) is 8.07. The fourth-order valence-electron chi connectivity index (χ4n) is 1.56. The highest BCUT2D eigenvalue weighted by Gasteiger charge is 2.08. The molecule has 0 aliphatic rings. The molecule has 0 amide bonds. The highest BCUT2D eigenvalue weighted by atomic mass is 79.9. The third kappa shape index (κ3) is 1.38. The molecule has 80 valence electrons. The van der Waals surface area contributed by atoms with Gasteiger partial charge in [-0.3, -0.25) is 5.10 Å². The van der Waals surface area contributed by atoms with Crippen molar-refractivity contribution in [3.05, 3.63) is 28.9 Å². The van der Waals surface area contributed by atoms with Crippen LogP contribution in [0.1, 0.15) is 0 Å². The van der Waals surface area contributed by atoms with E-state index in [9.17, 15) is 0 Å². The number of nitrogens with one attached hydrogen (secondary N) is 1. The number of nitrogens with zero attached hydrogens (tertiary/aromatic N) is 2. The smallest absolute Gasteiger partial charge is 0.169 e. The minimum Gasteiger partial charge on any atom is -0.381 e. The third-order valence-electron chi connectivity index (χ3n) is 2.32. The lowest BCUT2D eigenvalue weighted by molar-refractivity contribution is 0.436. The minimum absolute atomic E-state index is 0.376. The molecular weight excluding hydrogens is 272 g/mol. The molecule has 1 aromatic carbocycles. The first-order valence-electron chi connectivity index (χ1n) is 4.60. The van der Waals surface area contributed by atoms with Crippen molar-refractivity contribution in [3.8, 4) is 11.3 Å². The first-order chi connectivity index (χ1) is 7.74. The van der Waals surface area contributed by atoms with Crippen LogP contribution in [-0.2, 0) is 0 Å². The molecule has 0 radical (unpaired) electrons. The van der Waals surface area contributed by atoms with Crippen molar-refractivity contribution < 1.29 is 4.52 Å². The zero-order chi connectivity index (χ0) is 11.1. The van der Waals surface area contributed by atoms with E-state index in [1.165, 1.54) is 0 Å². The molecule has 2 aromatic heterocycles. The highest BCUT2D eigenvalue weighted by molar-refractivity contribution is 9.10. The number of aromatic amines is 1. The lowest BCUT2D eigenvalue weighted by Crippen LogP contribution is -1.80. The van der Waals surface area contributed by atoms with Crippen LogP contribution in [0.5, 0.6) is 0 Å². The second-order valence-corrected chi connectivity index (χ2v) is 4.18. The van der Waals surface area contributed by atoms with Crippen LogP contribution in [0.15, 0.2) is 33.4 Å². The summed E-state index contributed by atoms with van der Waals surface area (Å²) < 4.78 is 5.94. The fraction of sp³-hybridized carbons (Fsp3) is 0. The summed E-state index contributed by atoms with van der Waals surface area (Å²) in [5.74, 6) is 1.02. The number of benzene rings is 1. The van der Waals surface area contributed by atoms with E-state index in [0.717, 1.165) is 21.1 Å². The largest absolute Gasteiger partial charge is 0.381 e. The fourth-order valence-corrected chi connectivity index (χ4v) is 1.96. The summed E-state index contributed by atoms with van der Waals surface area (Å²) in [7, 11) is 0. The lowest BCUT2D eigenvalue weighted by Gasteiger charge is -1.95. The Labute approximate surface area is 98.7 Å². The van der Waals surface area contributed by atoms with Gasteiger partial charge in [-0.1, -0.05) is 5.16 Å². The summed E-state index contributed by atoms with van der Waals surface area (Å²) in [6.45, 7) is 0. The van der Waals surface area contributed by atoms with Crippen molar-refractivity contribution in [2.45, 2.75) is 0 Å². The van der Waals surface area contributed by atoms with Crippen LogP contribution in [0, 0.1) is 0 Å². The minimum atomic E-state index is 0.376. The predicted molar refractivity (Wildman–Crippen MR) is 63.7 cm³/mol. The molecule has 5 nitrogen and oxygen atoms in total. The quantitative estimate of drug-likeness (QED) is 0.717. The van der Waals surface area contributed by atoms with Crippen LogP contribution >= 0.6 is 15.9 Å². The van der Waals surface area contributed by atoms with Gasteiger partial charge in [0.2, 0.25) is 0 Å². The number of anilines is 1. The molecule has 3 N–H and O–H groups in total. The molecule has 3 rings (SSSR count). The van der Waals surface area contributed by atoms with Gasteiger partial charge in [0.25, 0.3) is 0 Å². The number of aromatic nitrogens is 3. The summed E-state index contributed by atoms with van der Waals surface area (Å²) in [6.07, 6.45) is 0. The molecule has 2 heterocycles. The van der Waals surface area contributed by atoms with Gasteiger partial charge in [0.05, 0.1) is 5.52 Å². The van der Waals surface area contributed by atoms with Crippen molar-refractivity contribution in [2.75, 3.05) is 5.73 Å². The average Bonchev–Trinajstić information content (AvgIpc) is 2.86. The molecule has 0 aliphatic carbocycles. The zero-order valence-corrected chi connectivity index (χ0v) is 9.65. The number of halogens is 1. The molecule has 6 heteroatoms. The molecule has 0 atom stereocenters. The van der Waals surface area contributed by atoms with E-state index < -0.39 is 0 Å². The molecule has 0 fully saturated rings. The van der Waals surface area contributed by atoms with E-state index in [0.29, 0.717) is 11.6 Å². The van der Waals surface area contributed by atoms with Gasteiger partial charge in [-0.25, -0.2) is 0 Å². The number of rotatable bonds is 1. The Bertz CT molecular complexity index is 658. The first kappa shape index (κ1) is 9.41. The average molecular weight is 279 g/mol. The molecule has 0 unspecified atom stereocenters. The van der Waals surface area contributed by atoms with Gasteiger partial charge in [0.15, 0.2) is 11.6 Å². The molecule has 3 aromatic rings. The number of nitrogen functional groups attached to an aromatic ring is 1. The molecule has 16 heavy (non-hydrogen) atoms. The van der Waals surface area contributed by atoms with Crippen LogP contribution in [0.2, 0.25) is 0 Å². The number of hydrogen-bond acceptors (Lipinski definition) is 4. The van der Waals surface area contributed by atoms with Gasteiger partial charge in [0, 0.05) is 17.0 Å². The summed E-state index contributed by atoms with van der Waals surface area (Å²) in [6, 6.07) is 7.47. The molecule has 0 aliphatic heterocycles. The van der Waals surface area contributed by atoms with E-state index in [4.69, 9.17) is 10.3 Å². The van der Waals surface area contributed by atoms with Gasteiger partial charge in [-0.15, -0.1) is 0 Å². The van der Waals surface area contributed by atoms with Crippen LogP contribution in [0.25, 0.3) is 22.2 Å². The van der Waals surface area contributed by atoms with Crippen molar-refractivity contribution in [2.24, 2.45) is 0 Å².